The summed E-state index contributed by atoms with van der Waals surface area (Å²) in [4.78, 5) is 3.80. The monoisotopic (exact) mass is 242 g/mol. The van der Waals surface area contributed by atoms with E-state index in [-0.39, 0.29) is 6.04 Å². The number of hydrogen-bond donors (Lipinski definition) is 1. The van der Waals surface area contributed by atoms with E-state index in [9.17, 15) is 0 Å². The average Bonchev–Trinajstić information content (AvgIpc) is 2.74. The van der Waals surface area contributed by atoms with E-state index in [0.29, 0.717) is 15.8 Å². The van der Waals surface area contributed by atoms with E-state index in [2.05, 4.69) is 4.98 Å². The Morgan fingerprint density at radius 1 is 1.27 bits per heavy atom. The van der Waals surface area contributed by atoms with Gasteiger partial charge >= 0.3 is 0 Å². The summed E-state index contributed by atoms with van der Waals surface area (Å²) in [5, 5.41) is 0.981. The highest BCUT2D eigenvalue weighted by atomic mass is 35.5. The molecular weight excluding hydrogens is 235 g/mol. The molecule has 0 bridgehead atoms. The summed E-state index contributed by atoms with van der Waals surface area (Å²) >= 11 is 11.7. The lowest BCUT2D eigenvalue weighted by molar-refractivity contribution is 0.485. The number of hydrogen-bond acceptors (Lipinski definition) is 3. The van der Waals surface area contributed by atoms with Gasteiger partial charge in [-0.05, 0) is 17.7 Å². The van der Waals surface area contributed by atoms with Gasteiger partial charge in [-0.2, -0.15) is 0 Å². The predicted molar refractivity (Wildman–Crippen MR) is 59.0 cm³/mol. The first-order valence-corrected chi connectivity index (χ1v) is 5.03. The van der Waals surface area contributed by atoms with Gasteiger partial charge < -0.3 is 10.2 Å². The Bertz CT molecular complexity index is 456. The van der Waals surface area contributed by atoms with Gasteiger partial charge in [0.25, 0.3) is 0 Å². The predicted octanol–water partition coefficient (Wildman–Crippen LogP) is 3.03. The molecule has 0 spiro atoms. The van der Waals surface area contributed by atoms with Crippen LogP contribution < -0.4 is 5.73 Å². The van der Waals surface area contributed by atoms with Crippen molar-refractivity contribution in [1.82, 2.24) is 4.98 Å². The summed E-state index contributed by atoms with van der Waals surface area (Å²) in [6.07, 6.45) is 2.92. The van der Waals surface area contributed by atoms with Gasteiger partial charge in [0.05, 0.1) is 22.3 Å². The molecule has 0 saturated heterocycles. The summed E-state index contributed by atoms with van der Waals surface area (Å²) < 4.78 is 5.11. The van der Waals surface area contributed by atoms with Gasteiger partial charge in [0.15, 0.2) is 6.39 Å². The van der Waals surface area contributed by atoms with Crippen LogP contribution in [-0.4, -0.2) is 4.98 Å². The molecular formula is C10H8Cl2N2O. The average molecular weight is 243 g/mol. The van der Waals surface area contributed by atoms with Gasteiger partial charge in [-0.1, -0.05) is 29.3 Å². The van der Waals surface area contributed by atoms with Crippen LogP contribution in [0.5, 0.6) is 0 Å². The molecule has 1 atom stereocenters. The van der Waals surface area contributed by atoms with Crippen LogP contribution in [-0.2, 0) is 0 Å². The lowest BCUT2D eigenvalue weighted by Gasteiger charge is -2.09. The first kappa shape index (κ1) is 10.5. The van der Waals surface area contributed by atoms with E-state index in [1.807, 2.05) is 0 Å². The lowest BCUT2D eigenvalue weighted by atomic mass is 10.1. The summed E-state index contributed by atoms with van der Waals surface area (Å²) in [6.45, 7) is 0. The van der Waals surface area contributed by atoms with Crippen LogP contribution in [0.4, 0.5) is 0 Å². The second kappa shape index (κ2) is 4.23. The van der Waals surface area contributed by atoms with Gasteiger partial charge in [0, 0.05) is 0 Å². The highest BCUT2D eigenvalue weighted by Gasteiger charge is 2.13. The number of benzene rings is 1. The van der Waals surface area contributed by atoms with E-state index < -0.39 is 0 Å². The van der Waals surface area contributed by atoms with Gasteiger partial charge in [0.2, 0.25) is 0 Å². The molecule has 1 aromatic heterocycles. The fourth-order valence-corrected chi connectivity index (χ4v) is 1.56. The Kier molecular flexibility index (Phi) is 2.95. The lowest BCUT2D eigenvalue weighted by Crippen LogP contribution is -2.10. The number of nitrogens with two attached hydrogens (primary N) is 1. The van der Waals surface area contributed by atoms with Crippen molar-refractivity contribution in [1.29, 1.82) is 0 Å². The second-order valence-electron chi connectivity index (χ2n) is 3.06. The molecule has 0 aliphatic carbocycles. The third-order valence-electron chi connectivity index (χ3n) is 2.06. The Morgan fingerprint density at radius 2 is 2.07 bits per heavy atom. The van der Waals surface area contributed by atoms with Crippen molar-refractivity contribution < 1.29 is 4.42 Å². The van der Waals surface area contributed by atoms with Crippen LogP contribution in [0, 0.1) is 0 Å². The number of rotatable bonds is 2. The van der Waals surface area contributed by atoms with Crippen molar-refractivity contribution in [2.75, 3.05) is 0 Å². The van der Waals surface area contributed by atoms with Crippen molar-refractivity contribution in [2.24, 2.45) is 5.73 Å². The normalized spacial score (nSPS) is 12.7. The second-order valence-corrected chi connectivity index (χ2v) is 3.87. The van der Waals surface area contributed by atoms with E-state index in [0.717, 1.165) is 5.56 Å². The highest BCUT2D eigenvalue weighted by molar-refractivity contribution is 6.42. The van der Waals surface area contributed by atoms with Gasteiger partial charge in [-0.25, -0.2) is 4.98 Å². The molecule has 3 nitrogen and oxygen atoms in total. The van der Waals surface area contributed by atoms with E-state index >= 15 is 0 Å². The van der Waals surface area contributed by atoms with E-state index in [1.165, 1.54) is 6.39 Å². The fourth-order valence-electron chi connectivity index (χ4n) is 1.25. The third-order valence-corrected chi connectivity index (χ3v) is 2.80. The minimum atomic E-state index is -0.373. The largest absolute Gasteiger partial charge is 0.446 e. The zero-order valence-electron chi connectivity index (χ0n) is 7.65. The number of oxazole rings is 1. The Hall–Kier alpha value is -1.03. The Morgan fingerprint density at radius 3 is 2.67 bits per heavy atom. The maximum Gasteiger partial charge on any atom is 0.180 e. The minimum absolute atomic E-state index is 0.373. The third kappa shape index (κ3) is 2.15. The fraction of sp³-hybridized carbons (Fsp3) is 0.100. The zero-order chi connectivity index (χ0) is 10.8. The summed E-state index contributed by atoms with van der Waals surface area (Å²) in [5.74, 6) is 0.591. The highest BCUT2D eigenvalue weighted by Crippen LogP contribution is 2.27. The summed E-state index contributed by atoms with van der Waals surface area (Å²) in [6, 6.07) is 4.86. The van der Waals surface area contributed by atoms with Crippen molar-refractivity contribution in [3.05, 3.63) is 52.2 Å². The zero-order valence-corrected chi connectivity index (χ0v) is 9.16. The van der Waals surface area contributed by atoms with E-state index in [1.54, 1.807) is 24.4 Å². The Balaban J connectivity index is 2.34. The standard InChI is InChI=1S/C10H8Cl2N2O/c11-7-2-1-6(3-8(7)12)10(13)9-4-14-5-15-9/h1-5,10H,13H2. The van der Waals surface area contributed by atoms with Crippen molar-refractivity contribution in [2.45, 2.75) is 6.04 Å². The first-order valence-electron chi connectivity index (χ1n) is 4.27. The molecule has 2 N–H and O–H groups in total. The molecule has 78 valence electrons. The van der Waals surface area contributed by atoms with E-state index in [4.69, 9.17) is 33.4 Å². The number of halogens is 2. The molecule has 2 rings (SSSR count). The summed E-state index contributed by atoms with van der Waals surface area (Å²) in [7, 11) is 0. The molecule has 5 heteroatoms. The van der Waals surface area contributed by atoms with Crippen LogP contribution in [0.15, 0.2) is 35.2 Å². The van der Waals surface area contributed by atoms with Crippen molar-refractivity contribution in [3.8, 4) is 0 Å². The van der Waals surface area contributed by atoms with Crippen LogP contribution >= 0.6 is 23.2 Å². The molecule has 0 aliphatic rings. The number of nitrogens with zero attached hydrogens (tertiary/aromatic N) is 1. The maximum absolute atomic E-state index is 5.94. The molecule has 15 heavy (non-hydrogen) atoms. The Labute approximate surface area is 96.8 Å². The molecule has 1 unspecified atom stereocenters. The van der Waals surface area contributed by atoms with Crippen LogP contribution in [0.25, 0.3) is 0 Å². The maximum atomic E-state index is 5.94. The van der Waals surface area contributed by atoms with Crippen LogP contribution in [0.2, 0.25) is 10.0 Å². The van der Waals surface area contributed by atoms with Gasteiger partial charge in [-0.15, -0.1) is 0 Å². The molecule has 1 heterocycles. The van der Waals surface area contributed by atoms with Crippen molar-refractivity contribution >= 4 is 23.2 Å². The minimum Gasteiger partial charge on any atom is -0.446 e. The molecule has 0 saturated carbocycles. The van der Waals surface area contributed by atoms with Gasteiger partial charge in [-0.3, -0.25) is 0 Å². The molecule has 1 aromatic carbocycles. The topological polar surface area (TPSA) is 52.0 Å². The molecule has 0 amide bonds. The van der Waals surface area contributed by atoms with Gasteiger partial charge in [0.1, 0.15) is 5.76 Å². The van der Waals surface area contributed by atoms with Crippen molar-refractivity contribution in [3.63, 3.8) is 0 Å². The molecule has 0 fully saturated rings. The SMILES string of the molecule is NC(c1ccc(Cl)c(Cl)c1)c1cnco1. The number of aromatic nitrogens is 1. The molecule has 0 radical (unpaired) electrons. The van der Waals surface area contributed by atoms with Crippen LogP contribution in [0.3, 0.4) is 0 Å². The molecule has 0 aliphatic heterocycles. The first-order chi connectivity index (χ1) is 7.18. The summed E-state index contributed by atoms with van der Waals surface area (Å²) in [5.41, 5.74) is 6.78. The quantitative estimate of drug-likeness (QED) is 0.881. The van der Waals surface area contributed by atoms with Crippen LogP contribution in [0.1, 0.15) is 17.4 Å². The molecule has 2 aromatic rings. The smallest absolute Gasteiger partial charge is 0.180 e.